The summed E-state index contributed by atoms with van der Waals surface area (Å²) in [5.41, 5.74) is 0.634. The Balaban J connectivity index is 1.37. The van der Waals surface area contributed by atoms with E-state index in [0.29, 0.717) is 22.2 Å². The zero-order chi connectivity index (χ0) is 19.9. The highest BCUT2D eigenvalue weighted by Gasteiger charge is 2.20. The van der Waals surface area contributed by atoms with Crippen molar-refractivity contribution in [1.29, 1.82) is 0 Å². The van der Waals surface area contributed by atoms with Crippen molar-refractivity contribution in [3.05, 3.63) is 58.1 Å². The van der Waals surface area contributed by atoms with Gasteiger partial charge in [-0.05, 0) is 49.2 Å². The Morgan fingerprint density at radius 3 is 2.39 bits per heavy atom. The van der Waals surface area contributed by atoms with E-state index < -0.39 is 0 Å². The van der Waals surface area contributed by atoms with Gasteiger partial charge < -0.3 is 19.7 Å². The number of nitrogens with zero attached hydrogens (tertiary/aromatic N) is 1. The molecule has 2 aromatic carbocycles. The number of likely N-dealkylation sites (tertiary alicyclic amines) is 1. The monoisotopic (exact) mass is 422 g/mol. The molecule has 0 aliphatic carbocycles. The van der Waals surface area contributed by atoms with Crippen LogP contribution in [0.3, 0.4) is 0 Å². The summed E-state index contributed by atoms with van der Waals surface area (Å²) in [6.45, 7) is 3.30. The number of piperidine rings is 1. The molecule has 0 spiro atoms. The van der Waals surface area contributed by atoms with Crippen molar-refractivity contribution >= 4 is 29.1 Å². The second-order valence-corrected chi connectivity index (χ2v) is 7.53. The predicted octanol–water partition coefficient (Wildman–Crippen LogP) is 4.28. The van der Waals surface area contributed by atoms with Crippen LogP contribution < -0.4 is 14.8 Å². The molecule has 150 valence electrons. The van der Waals surface area contributed by atoms with Gasteiger partial charge in [0.15, 0.2) is 0 Å². The average Bonchev–Trinajstić information content (AvgIpc) is 2.72. The highest BCUT2D eigenvalue weighted by Crippen LogP contribution is 2.28. The molecule has 0 aromatic heterocycles. The minimum absolute atomic E-state index is 0.0690. The summed E-state index contributed by atoms with van der Waals surface area (Å²) in [4.78, 5) is 14.5. The van der Waals surface area contributed by atoms with Crippen LogP contribution in [0.1, 0.15) is 23.2 Å². The molecule has 7 heteroatoms. The fourth-order valence-corrected chi connectivity index (χ4v) is 3.45. The molecule has 1 aliphatic heterocycles. The molecular formula is C21H24Cl2N2O3. The van der Waals surface area contributed by atoms with Gasteiger partial charge in [-0.2, -0.15) is 0 Å². The van der Waals surface area contributed by atoms with Gasteiger partial charge in [0.1, 0.15) is 17.6 Å². The number of hydrogen-bond acceptors (Lipinski definition) is 4. The number of rotatable bonds is 7. The molecule has 1 N–H and O–H groups in total. The molecule has 0 atom stereocenters. The Kier molecular flexibility index (Phi) is 7.43. The lowest BCUT2D eigenvalue weighted by Crippen LogP contribution is -2.42. The normalized spacial score (nSPS) is 15.2. The van der Waals surface area contributed by atoms with Crippen molar-refractivity contribution in [2.75, 3.05) is 33.3 Å². The third-order valence-electron chi connectivity index (χ3n) is 4.79. The van der Waals surface area contributed by atoms with E-state index in [0.717, 1.165) is 44.0 Å². The number of carbonyl (C=O) groups is 1. The zero-order valence-electron chi connectivity index (χ0n) is 15.8. The minimum atomic E-state index is -0.0690. The van der Waals surface area contributed by atoms with Crippen LogP contribution in [0.5, 0.6) is 11.5 Å². The molecule has 1 fully saturated rings. The molecule has 1 heterocycles. The van der Waals surface area contributed by atoms with E-state index >= 15 is 0 Å². The maximum Gasteiger partial charge on any atom is 0.251 e. The van der Waals surface area contributed by atoms with Gasteiger partial charge >= 0.3 is 0 Å². The van der Waals surface area contributed by atoms with Crippen LogP contribution in [0.2, 0.25) is 10.0 Å². The Hall–Kier alpha value is -1.95. The number of methoxy groups -OCH3 is 1. The van der Waals surface area contributed by atoms with Crippen molar-refractivity contribution in [3.8, 4) is 11.5 Å². The van der Waals surface area contributed by atoms with Crippen LogP contribution in [0.4, 0.5) is 0 Å². The Morgan fingerprint density at radius 1 is 1.07 bits per heavy atom. The van der Waals surface area contributed by atoms with E-state index in [9.17, 15) is 4.79 Å². The van der Waals surface area contributed by atoms with Gasteiger partial charge in [0.05, 0.1) is 17.2 Å². The minimum Gasteiger partial charge on any atom is -0.497 e. The van der Waals surface area contributed by atoms with Crippen molar-refractivity contribution < 1.29 is 14.3 Å². The molecular weight excluding hydrogens is 399 g/mol. The number of nitrogens with one attached hydrogen (secondary N) is 1. The zero-order valence-corrected chi connectivity index (χ0v) is 17.3. The standard InChI is InChI=1S/C21H24Cl2N2O3/c1-27-16-4-2-15(3-5-16)21(26)24-10-13-25-11-8-17(9-12-25)28-18-6-7-19(22)20(23)14-18/h2-7,14,17H,8-13H2,1H3,(H,24,26). The van der Waals surface area contributed by atoms with Gasteiger partial charge in [0.25, 0.3) is 5.91 Å². The Bertz CT molecular complexity index is 791. The van der Waals surface area contributed by atoms with E-state index in [1.807, 2.05) is 6.07 Å². The fraction of sp³-hybridized carbons (Fsp3) is 0.381. The van der Waals surface area contributed by atoms with Crippen molar-refractivity contribution in [3.63, 3.8) is 0 Å². The summed E-state index contributed by atoms with van der Waals surface area (Å²) in [5.74, 6) is 1.42. The quantitative estimate of drug-likeness (QED) is 0.723. The first-order valence-electron chi connectivity index (χ1n) is 9.31. The largest absolute Gasteiger partial charge is 0.497 e. The first-order valence-corrected chi connectivity index (χ1v) is 10.1. The summed E-state index contributed by atoms with van der Waals surface area (Å²) in [6.07, 6.45) is 2.04. The van der Waals surface area contributed by atoms with Gasteiger partial charge in [0, 0.05) is 37.8 Å². The van der Waals surface area contributed by atoms with E-state index in [2.05, 4.69) is 10.2 Å². The Morgan fingerprint density at radius 2 is 1.75 bits per heavy atom. The van der Waals surface area contributed by atoms with E-state index in [-0.39, 0.29) is 12.0 Å². The first-order chi connectivity index (χ1) is 13.5. The van der Waals surface area contributed by atoms with Crippen LogP contribution >= 0.6 is 23.2 Å². The second kappa shape index (κ2) is 10.0. The van der Waals surface area contributed by atoms with Gasteiger partial charge in [-0.15, -0.1) is 0 Å². The maximum absolute atomic E-state index is 12.2. The molecule has 3 rings (SSSR count). The molecule has 1 saturated heterocycles. The number of benzene rings is 2. The van der Waals surface area contributed by atoms with Crippen LogP contribution in [0.15, 0.2) is 42.5 Å². The van der Waals surface area contributed by atoms with Gasteiger partial charge in [0.2, 0.25) is 0 Å². The molecule has 5 nitrogen and oxygen atoms in total. The van der Waals surface area contributed by atoms with Crippen LogP contribution in [0, 0.1) is 0 Å². The summed E-state index contributed by atoms with van der Waals surface area (Å²) in [7, 11) is 1.61. The smallest absolute Gasteiger partial charge is 0.251 e. The lowest BCUT2D eigenvalue weighted by Gasteiger charge is -2.32. The fourth-order valence-electron chi connectivity index (χ4n) is 3.17. The number of amides is 1. The number of carbonyl (C=O) groups excluding carboxylic acids is 1. The third-order valence-corrected chi connectivity index (χ3v) is 5.53. The van der Waals surface area contributed by atoms with Crippen LogP contribution in [-0.2, 0) is 0 Å². The molecule has 0 radical (unpaired) electrons. The summed E-state index contributed by atoms with van der Waals surface area (Å²) in [6, 6.07) is 12.4. The first kappa shape index (κ1) is 20.8. The Labute approximate surface area is 175 Å². The highest BCUT2D eigenvalue weighted by atomic mass is 35.5. The lowest BCUT2D eigenvalue weighted by molar-refractivity contribution is 0.0905. The van der Waals surface area contributed by atoms with Gasteiger partial charge in [-0.1, -0.05) is 23.2 Å². The maximum atomic E-state index is 12.2. The van der Waals surface area contributed by atoms with E-state index in [1.54, 1.807) is 43.5 Å². The van der Waals surface area contributed by atoms with E-state index in [1.165, 1.54) is 0 Å². The summed E-state index contributed by atoms with van der Waals surface area (Å²) < 4.78 is 11.1. The summed E-state index contributed by atoms with van der Waals surface area (Å²) in [5, 5.41) is 4.00. The average molecular weight is 423 g/mol. The molecule has 0 unspecified atom stereocenters. The summed E-state index contributed by atoms with van der Waals surface area (Å²) >= 11 is 12.0. The van der Waals surface area contributed by atoms with Crippen LogP contribution in [-0.4, -0.2) is 50.2 Å². The number of hydrogen-bond donors (Lipinski definition) is 1. The van der Waals surface area contributed by atoms with Crippen LogP contribution in [0.25, 0.3) is 0 Å². The third kappa shape index (κ3) is 5.77. The van der Waals surface area contributed by atoms with Crippen molar-refractivity contribution in [2.45, 2.75) is 18.9 Å². The molecule has 0 saturated carbocycles. The molecule has 1 aliphatic rings. The number of ether oxygens (including phenoxy) is 2. The molecule has 28 heavy (non-hydrogen) atoms. The SMILES string of the molecule is COc1ccc(C(=O)NCCN2CCC(Oc3ccc(Cl)c(Cl)c3)CC2)cc1. The highest BCUT2D eigenvalue weighted by molar-refractivity contribution is 6.42. The molecule has 0 bridgehead atoms. The van der Waals surface area contributed by atoms with Crippen molar-refractivity contribution in [1.82, 2.24) is 10.2 Å². The number of halogens is 2. The topological polar surface area (TPSA) is 50.8 Å². The molecule has 1 amide bonds. The van der Waals surface area contributed by atoms with E-state index in [4.69, 9.17) is 32.7 Å². The predicted molar refractivity (Wildman–Crippen MR) is 112 cm³/mol. The van der Waals surface area contributed by atoms with Gasteiger partial charge in [-0.25, -0.2) is 0 Å². The van der Waals surface area contributed by atoms with Gasteiger partial charge in [-0.3, -0.25) is 4.79 Å². The van der Waals surface area contributed by atoms with Crippen molar-refractivity contribution in [2.24, 2.45) is 0 Å². The molecule has 2 aromatic rings. The lowest BCUT2D eigenvalue weighted by atomic mass is 10.1. The second-order valence-electron chi connectivity index (χ2n) is 6.72.